The summed E-state index contributed by atoms with van der Waals surface area (Å²) in [6, 6.07) is 6.11. The highest BCUT2D eigenvalue weighted by atomic mass is 79.9. The van der Waals surface area contributed by atoms with Gasteiger partial charge in [0.25, 0.3) is 0 Å². The highest BCUT2D eigenvalue weighted by Crippen LogP contribution is 2.29. The topological polar surface area (TPSA) is 12.9 Å². The zero-order valence-electron chi connectivity index (χ0n) is 7.01. The van der Waals surface area contributed by atoms with Gasteiger partial charge in [0.15, 0.2) is 0 Å². The minimum Gasteiger partial charge on any atom is -0.255 e. The lowest BCUT2D eigenvalue weighted by molar-refractivity contribution is 1.38. The Morgan fingerprint density at radius 3 is 2.92 bits per heavy atom. The van der Waals surface area contributed by atoms with Crippen LogP contribution >= 0.6 is 27.5 Å². The summed E-state index contributed by atoms with van der Waals surface area (Å²) >= 11 is 9.35. The van der Waals surface area contributed by atoms with Crippen molar-refractivity contribution in [2.24, 2.45) is 0 Å². The van der Waals surface area contributed by atoms with Crippen LogP contribution in [0.3, 0.4) is 0 Å². The summed E-state index contributed by atoms with van der Waals surface area (Å²) in [4.78, 5) is 4.24. The van der Waals surface area contributed by atoms with E-state index in [4.69, 9.17) is 11.6 Å². The van der Waals surface area contributed by atoms with E-state index in [9.17, 15) is 0 Å². The Hall–Kier alpha value is -0.600. The lowest BCUT2D eigenvalue weighted by Gasteiger charge is -2.02. The molecule has 1 nitrogen and oxygen atoms in total. The molecule has 0 fully saturated rings. The number of aromatic nitrogens is 1. The van der Waals surface area contributed by atoms with Crippen LogP contribution in [0.4, 0.5) is 0 Å². The lowest BCUT2D eigenvalue weighted by atomic mass is 10.1. The second kappa shape index (κ2) is 3.28. The SMILES string of the molecule is Cc1ccc2c(Br)c(Cl)cnc2c1. The third-order valence-electron chi connectivity index (χ3n) is 1.92. The summed E-state index contributed by atoms with van der Waals surface area (Å²) < 4.78 is 0.916. The molecule has 0 aliphatic rings. The molecule has 0 amide bonds. The fourth-order valence-corrected chi connectivity index (χ4v) is 1.83. The van der Waals surface area contributed by atoms with Gasteiger partial charge in [-0.3, -0.25) is 4.98 Å². The quantitative estimate of drug-likeness (QED) is 0.695. The summed E-state index contributed by atoms with van der Waals surface area (Å²) in [5, 5.41) is 1.70. The van der Waals surface area contributed by atoms with E-state index in [0.29, 0.717) is 5.02 Å². The van der Waals surface area contributed by atoms with Gasteiger partial charge in [0.05, 0.1) is 10.5 Å². The molecule has 1 aromatic carbocycles. The lowest BCUT2D eigenvalue weighted by Crippen LogP contribution is -1.82. The highest BCUT2D eigenvalue weighted by molar-refractivity contribution is 9.10. The van der Waals surface area contributed by atoms with Gasteiger partial charge >= 0.3 is 0 Å². The Morgan fingerprint density at radius 2 is 2.15 bits per heavy atom. The molecule has 0 spiro atoms. The molecule has 13 heavy (non-hydrogen) atoms. The van der Waals surface area contributed by atoms with Crippen molar-refractivity contribution in [1.29, 1.82) is 0 Å². The average Bonchev–Trinajstić information content (AvgIpc) is 2.12. The smallest absolute Gasteiger partial charge is 0.0737 e. The number of hydrogen-bond acceptors (Lipinski definition) is 1. The van der Waals surface area contributed by atoms with Crippen molar-refractivity contribution < 1.29 is 0 Å². The van der Waals surface area contributed by atoms with Crippen LogP contribution in [-0.2, 0) is 0 Å². The fourth-order valence-electron chi connectivity index (χ4n) is 1.25. The summed E-state index contributed by atoms with van der Waals surface area (Å²) in [6.45, 7) is 2.05. The second-order valence-corrected chi connectivity index (χ2v) is 4.14. The number of nitrogens with zero attached hydrogens (tertiary/aromatic N) is 1. The van der Waals surface area contributed by atoms with Crippen LogP contribution in [0.25, 0.3) is 10.9 Å². The van der Waals surface area contributed by atoms with Crippen molar-refractivity contribution in [2.75, 3.05) is 0 Å². The molecule has 0 N–H and O–H groups in total. The summed E-state index contributed by atoms with van der Waals surface area (Å²) in [5.41, 5.74) is 2.17. The number of pyridine rings is 1. The Balaban J connectivity index is 2.87. The molecule has 1 heterocycles. The monoisotopic (exact) mass is 255 g/mol. The predicted octanol–water partition coefficient (Wildman–Crippen LogP) is 3.96. The van der Waals surface area contributed by atoms with Crippen molar-refractivity contribution in [3.63, 3.8) is 0 Å². The minimum atomic E-state index is 0.649. The Labute approximate surface area is 89.9 Å². The third kappa shape index (κ3) is 1.56. The van der Waals surface area contributed by atoms with Crippen LogP contribution in [0.15, 0.2) is 28.9 Å². The molecule has 2 aromatic rings. The molecule has 66 valence electrons. The minimum absolute atomic E-state index is 0.649. The maximum absolute atomic E-state index is 5.92. The van der Waals surface area contributed by atoms with Crippen LogP contribution in [0.1, 0.15) is 5.56 Å². The van der Waals surface area contributed by atoms with E-state index < -0.39 is 0 Å². The summed E-state index contributed by atoms with van der Waals surface area (Å²) in [7, 11) is 0. The first-order valence-corrected chi connectivity index (χ1v) is 5.06. The van der Waals surface area contributed by atoms with Gasteiger partial charge in [0.1, 0.15) is 0 Å². The van der Waals surface area contributed by atoms with E-state index in [0.717, 1.165) is 15.4 Å². The normalized spacial score (nSPS) is 10.7. The van der Waals surface area contributed by atoms with Crippen LogP contribution in [-0.4, -0.2) is 4.98 Å². The molecular weight excluding hydrogens is 249 g/mol. The zero-order valence-corrected chi connectivity index (χ0v) is 9.35. The predicted molar refractivity (Wildman–Crippen MR) is 59.2 cm³/mol. The first kappa shape index (κ1) is 8.97. The van der Waals surface area contributed by atoms with Crippen LogP contribution in [0.2, 0.25) is 5.02 Å². The van der Waals surface area contributed by atoms with Crippen molar-refractivity contribution in [2.45, 2.75) is 6.92 Å². The van der Waals surface area contributed by atoms with Crippen LogP contribution in [0, 0.1) is 6.92 Å². The maximum Gasteiger partial charge on any atom is 0.0737 e. The van der Waals surface area contributed by atoms with Gasteiger partial charge in [0.2, 0.25) is 0 Å². The van der Waals surface area contributed by atoms with Crippen molar-refractivity contribution in [3.8, 4) is 0 Å². The number of halogens is 2. The van der Waals surface area contributed by atoms with Gasteiger partial charge in [-0.15, -0.1) is 0 Å². The molecule has 0 unspecified atom stereocenters. The van der Waals surface area contributed by atoms with Crippen molar-refractivity contribution in [3.05, 3.63) is 39.5 Å². The second-order valence-electron chi connectivity index (χ2n) is 2.94. The molecule has 0 saturated heterocycles. The van der Waals surface area contributed by atoms with E-state index in [-0.39, 0.29) is 0 Å². The molecule has 2 rings (SSSR count). The van der Waals surface area contributed by atoms with Gasteiger partial charge < -0.3 is 0 Å². The number of rotatable bonds is 0. The number of hydrogen-bond donors (Lipinski definition) is 0. The van der Waals surface area contributed by atoms with E-state index in [1.54, 1.807) is 6.20 Å². The standard InChI is InChI=1S/C10H7BrClN/c1-6-2-3-7-9(4-6)13-5-8(12)10(7)11/h2-5H,1H3. The average molecular weight is 257 g/mol. The highest BCUT2D eigenvalue weighted by Gasteiger charge is 2.03. The largest absolute Gasteiger partial charge is 0.255 e. The molecule has 0 bridgehead atoms. The van der Waals surface area contributed by atoms with Crippen LogP contribution < -0.4 is 0 Å². The van der Waals surface area contributed by atoms with Gasteiger partial charge in [-0.1, -0.05) is 23.7 Å². The summed E-state index contributed by atoms with van der Waals surface area (Å²) in [6.07, 6.45) is 1.66. The van der Waals surface area contributed by atoms with Gasteiger partial charge in [-0.2, -0.15) is 0 Å². The molecule has 3 heteroatoms. The molecule has 1 aromatic heterocycles. The molecule has 0 aliphatic heterocycles. The molecular formula is C10H7BrClN. The molecule has 0 atom stereocenters. The molecule has 0 aliphatic carbocycles. The Bertz CT molecular complexity index is 468. The molecule has 0 saturated carbocycles. The first-order valence-electron chi connectivity index (χ1n) is 3.89. The number of aryl methyl sites for hydroxylation is 1. The van der Waals surface area contributed by atoms with Gasteiger partial charge in [-0.05, 0) is 34.5 Å². The van der Waals surface area contributed by atoms with Crippen LogP contribution in [0.5, 0.6) is 0 Å². The van der Waals surface area contributed by atoms with E-state index in [2.05, 4.69) is 20.9 Å². The maximum atomic E-state index is 5.92. The Kier molecular flexibility index (Phi) is 2.26. The fraction of sp³-hybridized carbons (Fsp3) is 0.100. The van der Waals surface area contributed by atoms with Crippen molar-refractivity contribution in [1.82, 2.24) is 4.98 Å². The van der Waals surface area contributed by atoms with Gasteiger partial charge in [0, 0.05) is 16.1 Å². The van der Waals surface area contributed by atoms with Crippen molar-refractivity contribution >= 4 is 38.4 Å². The van der Waals surface area contributed by atoms with Gasteiger partial charge in [-0.25, -0.2) is 0 Å². The number of benzene rings is 1. The summed E-state index contributed by atoms with van der Waals surface area (Å²) in [5.74, 6) is 0. The molecule has 0 radical (unpaired) electrons. The van der Waals surface area contributed by atoms with E-state index in [1.165, 1.54) is 5.56 Å². The third-order valence-corrected chi connectivity index (χ3v) is 3.29. The van der Waals surface area contributed by atoms with E-state index in [1.807, 2.05) is 25.1 Å². The number of fused-ring (bicyclic) bond motifs is 1. The Morgan fingerprint density at radius 1 is 1.38 bits per heavy atom. The zero-order chi connectivity index (χ0) is 9.42. The first-order chi connectivity index (χ1) is 6.18. The van der Waals surface area contributed by atoms with E-state index >= 15 is 0 Å².